The maximum absolute atomic E-state index is 13.0. The van der Waals surface area contributed by atoms with Crippen LogP contribution in [0.4, 0.5) is 10.5 Å². The topological polar surface area (TPSA) is 65.1 Å². The van der Waals surface area contributed by atoms with Crippen LogP contribution in [-0.2, 0) is 11.2 Å². The van der Waals surface area contributed by atoms with Crippen LogP contribution in [0.1, 0.15) is 11.1 Å². The van der Waals surface area contributed by atoms with E-state index in [0.29, 0.717) is 29.4 Å². The summed E-state index contributed by atoms with van der Waals surface area (Å²) in [5.41, 5.74) is 2.38. The average Bonchev–Trinajstić information content (AvgIpc) is 2.96. The van der Waals surface area contributed by atoms with Gasteiger partial charge in [0.05, 0.1) is 32.3 Å². The van der Waals surface area contributed by atoms with Gasteiger partial charge in [-0.15, -0.1) is 0 Å². The third-order valence-corrected chi connectivity index (χ3v) is 5.53. The van der Waals surface area contributed by atoms with Crippen LogP contribution >= 0.6 is 11.8 Å². The Hall–Kier alpha value is -2.67. The molecule has 2 aromatic rings. The van der Waals surface area contributed by atoms with E-state index in [9.17, 15) is 9.59 Å². The van der Waals surface area contributed by atoms with Crippen LogP contribution in [0.2, 0.25) is 0 Å². The quantitative estimate of drug-likeness (QED) is 0.751. The summed E-state index contributed by atoms with van der Waals surface area (Å²) in [7, 11) is 4.66. The van der Waals surface area contributed by atoms with Gasteiger partial charge in [-0.2, -0.15) is 0 Å². The molecule has 0 aliphatic carbocycles. The molecule has 0 saturated carbocycles. The molecule has 1 atom stereocenters. The normalized spacial score (nSPS) is 16.6. The lowest BCUT2D eigenvalue weighted by Crippen LogP contribution is -2.32. The molecule has 3 rings (SSSR count). The maximum atomic E-state index is 13.0. The molecule has 142 valence electrons. The Morgan fingerprint density at radius 2 is 1.59 bits per heavy atom. The van der Waals surface area contributed by atoms with Crippen molar-refractivity contribution in [2.24, 2.45) is 0 Å². The molecule has 2 aromatic carbocycles. The van der Waals surface area contributed by atoms with Gasteiger partial charge in [-0.3, -0.25) is 9.59 Å². The number of ether oxygens (including phenoxy) is 3. The fourth-order valence-corrected chi connectivity index (χ4v) is 4.07. The predicted octanol–water partition coefficient (Wildman–Crippen LogP) is 3.83. The molecule has 6 nitrogen and oxygen atoms in total. The molecule has 1 heterocycles. The van der Waals surface area contributed by atoms with Gasteiger partial charge in [0.2, 0.25) is 5.91 Å². The molecule has 2 amide bonds. The van der Waals surface area contributed by atoms with Gasteiger partial charge < -0.3 is 14.2 Å². The molecule has 1 aliphatic rings. The molecular formula is C20H21NO5S. The van der Waals surface area contributed by atoms with Crippen LogP contribution in [0.3, 0.4) is 0 Å². The monoisotopic (exact) mass is 387 g/mol. The van der Waals surface area contributed by atoms with Crippen molar-refractivity contribution in [2.45, 2.75) is 18.6 Å². The van der Waals surface area contributed by atoms with Crippen LogP contribution in [-0.4, -0.2) is 37.7 Å². The molecule has 1 aliphatic heterocycles. The van der Waals surface area contributed by atoms with E-state index in [0.717, 1.165) is 22.9 Å². The molecule has 0 bridgehead atoms. The number of hydrogen-bond acceptors (Lipinski definition) is 6. The summed E-state index contributed by atoms with van der Waals surface area (Å²) in [5.74, 6) is 1.48. The summed E-state index contributed by atoms with van der Waals surface area (Å²) in [6, 6.07) is 10.7. The van der Waals surface area contributed by atoms with Crippen molar-refractivity contribution in [3.63, 3.8) is 0 Å². The molecule has 1 saturated heterocycles. The number of amides is 2. The minimum atomic E-state index is -0.501. The summed E-state index contributed by atoms with van der Waals surface area (Å²) in [6.07, 6.45) is 0.424. The SMILES string of the molecule is COc1cc(C)c(C[C@@H]2SC(=O)N(c3ccccc3OC)C2=O)cc1OC. The lowest BCUT2D eigenvalue weighted by atomic mass is 10.0. The van der Waals surface area contributed by atoms with E-state index in [2.05, 4.69) is 0 Å². The highest BCUT2D eigenvalue weighted by Gasteiger charge is 2.41. The van der Waals surface area contributed by atoms with E-state index < -0.39 is 5.25 Å². The number of imide groups is 1. The number of thioether (sulfide) groups is 1. The standard InChI is InChI=1S/C20H21NO5S/c1-12-9-16(25-3)17(26-4)10-13(12)11-18-19(22)21(20(23)27-18)14-7-5-6-8-15(14)24-2/h5-10,18H,11H2,1-4H3/t18-/m0/s1. The predicted molar refractivity (Wildman–Crippen MR) is 105 cm³/mol. The Bertz CT molecular complexity index is 883. The van der Waals surface area contributed by atoms with Gasteiger partial charge in [0.1, 0.15) is 5.75 Å². The zero-order valence-corrected chi connectivity index (χ0v) is 16.5. The van der Waals surface area contributed by atoms with E-state index in [4.69, 9.17) is 14.2 Å². The fourth-order valence-electron chi connectivity index (χ4n) is 3.06. The first-order valence-corrected chi connectivity index (χ1v) is 9.27. The fraction of sp³-hybridized carbons (Fsp3) is 0.300. The van der Waals surface area contributed by atoms with Crippen molar-refractivity contribution in [2.75, 3.05) is 26.2 Å². The van der Waals surface area contributed by atoms with Gasteiger partial charge >= 0.3 is 0 Å². The molecule has 1 fully saturated rings. The number of carbonyl (C=O) groups excluding carboxylic acids is 2. The number of rotatable bonds is 6. The summed E-state index contributed by atoms with van der Waals surface area (Å²) in [4.78, 5) is 26.7. The van der Waals surface area contributed by atoms with Crippen LogP contribution in [0.25, 0.3) is 0 Å². The third-order valence-electron chi connectivity index (χ3n) is 4.49. The number of carbonyl (C=O) groups is 2. The number of para-hydroxylation sites is 2. The summed E-state index contributed by atoms with van der Waals surface area (Å²) >= 11 is 1.03. The van der Waals surface area contributed by atoms with Gasteiger partial charge in [-0.1, -0.05) is 23.9 Å². The first-order valence-electron chi connectivity index (χ1n) is 8.39. The number of hydrogen-bond donors (Lipinski definition) is 0. The Labute approximate surface area is 162 Å². The van der Waals surface area contributed by atoms with Crippen LogP contribution in [0.5, 0.6) is 17.2 Å². The maximum Gasteiger partial charge on any atom is 0.293 e. The second-order valence-corrected chi connectivity index (χ2v) is 7.21. The van der Waals surface area contributed by atoms with E-state index in [-0.39, 0.29) is 11.1 Å². The number of methoxy groups -OCH3 is 3. The molecular weight excluding hydrogens is 366 g/mol. The highest BCUT2D eigenvalue weighted by atomic mass is 32.2. The largest absolute Gasteiger partial charge is 0.495 e. The lowest BCUT2D eigenvalue weighted by Gasteiger charge is -2.17. The van der Waals surface area contributed by atoms with Gasteiger partial charge in [0.15, 0.2) is 11.5 Å². The average molecular weight is 387 g/mol. The van der Waals surface area contributed by atoms with Crippen LogP contribution in [0, 0.1) is 6.92 Å². The Balaban J connectivity index is 1.88. The second kappa shape index (κ2) is 7.92. The van der Waals surface area contributed by atoms with Crippen molar-refractivity contribution in [1.82, 2.24) is 0 Å². The van der Waals surface area contributed by atoms with Crippen molar-refractivity contribution < 1.29 is 23.8 Å². The minimum absolute atomic E-state index is 0.247. The molecule has 0 spiro atoms. The summed E-state index contributed by atoms with van der Waals surface area (Å²) < 4.78 is 16.0. The second-order valence-electron chi connectivity index (χ2n) is 6.06. The summed E-state index contributed by atoms with van der Waals surface area (Å²) in [6.45, 7) is 1.95. The molecule has 7 heteroatoms. The van der Waals surface area contributed by atoms with Gasteiger partial charge in [-0.05, 0) is 48.7 Å². The van der Waals surface area contributed by atoms with E-state index in [1.54, 1.807) is 38.5 Å². The molecule has 0 unspecified atom stereocenters. The highest BCUT2D eigenvalue weighted by molar-refractivity contribution is 8.15. The smallest absolute Gasteiger partial charge is 0.293 e. The van der Waals surface area contributed by atoms with Crippen LogP contribution < -0.4 is 19.1 Å². The van der Waals surface area contributed by atoms with E-state index >= 15 is 0 Å². The number of anilines is 1. The Kier molecular flexibility index (Phi) is 5.60. The van der Waals surface area contributed by atoms with Gasteiger partial charge in [-0.25, -0.2) is 4.90 Å². The van der Waals surface area contributed by atoms with E-state index in [1.807, 2.05) is 19.1 Å². The van der Waals surface area contributed by atoms with Crippen molar-refractivity contribution in [1.29, 1.82) is 0 Å². The molecule has 27 heavy (non-hydrogen) atoms. The van der Waals surface area contributed by atoms with E-state index in [1.165, 1.54) is 12.0 Å². The lowest BCUT2D eigenvalue weighted by molar-refractivity contribution is -0.117. The summed E-state index contributed by atoms with van der Waals surface area (Å²) in [5, 5.41) is -0.799. The molecule has 0 radical (unpaired) electrons. The molecule has 0 N–H and O–H groups in total. The van der Waals surface area contributed by atoms with Crippen molar-refractivity contribution in [3.05, 3.63) is 47.5 Å². The number of benzene rings is 2. The first kappa shape index (κ1) is 19.1. The van der Waals surface area contributed by atoms with Gasteiger partial charge in [0, 0.05) is 0 Å². The zero-order chi connectivity index (χ0) is 19.6. The number of nitrogens with zero attached hydrogens (tertiary/aromatic N) is 1. The molecule has 0 aromatic heterocycles. The van der Waals surface area contributed by atoms with Crippen molar-refractivity contribution in [3.8, 4) is 17.2 Å². The highest BCUT2D eigenvalue weighted by Crippen LogP contribution is 2.39. The minimum Gasteiger partial charge on any atom is -0.495 e. The third kappa shape index (κ3) is 3.60. The van der Waals surface area contributed by atoms with Gasteiger partial charge in [0.25, 0.3) is 5.24 Å². The van der Waals surface area contributed by atoms with Crippen LogP contribution in [0.15, 0.2) is 36.4 Å². The Morgan fingerprint density at radius 3 is 2.26 bits per heavy atom. The Morgan fingerprint density at radius 1 is 0.963 bits per heavy atom. The first-order chi connectivity index (χ1) is 13.0. The zero-order valence-electron chi connectivity index (χ0n) is 15.6. The number of aryl methyl sites for hydroxylation is 1. The van der Waals surface area contributed by atoms with Crippen molar-refractivity contribution >= 4 is 28.6 Å².